The van der Waals surface area contributed by atoms with Crippen LogP contribution in [0.2, 0.25) is 0 Å². The van der Waals surface area contributed by atoms with E-state index in [1.54, 1.807) is 0 Å². The van der Waals surface area contributed by atoms with E-state index in [0.717, 1.165) is 44.1 Å². The van der Waals surface area contributed by atoms with Gasteiger partial charge in [0.2, 0.25) is 0 Å². The molecule has 1 heterocycles. The fraction of sp³-hybridized carbons (Fsp3) is 0.710. The molecule has 5 aliphatic rings. The zero-order valence-corrected chi connectivity index (χ0v) is 21.8. The van der Waals surface area contributed by atoms with Crippen LogP contribution in [0.25, 0.3) is 0 Å². The van der Waals surface area contributed by atoms with E-state index >= 15 is 0 Å². The zero-order valence-electron chi connectivity index (χ0n) is 21.8. The first-order valence-corrected chi connectivity index (χ1v) is 14.1. The Kier molecular flexibility index (Phi) is 5.73. The lowest BCUT2D eigenvalue weighted by Gasteiger charge is -2.59. The van der Waals surface area contributed by atoms with Gasteiger partial charge in [0.15, 0.2) is 0 Å². The largest absolute Gasteiger partial charge is 0.457 e. The van der Waals surface area contributed by atoms with Crippen molar-refractivity contribution in [2.24, 2.45) is 34.5 Å². The van der Waals surface area contributed by atoms with E-state index in [0.29, 0.717) is 18.3 Å². The summed E-state index contributed by atoms with van der Waals surface area (Å²) in [6, 6.07) is 9.99. The Labute approximate surface area is 210 Å². The van der Waals surface area contributed by atoms with E-state index in [9.17, 15) is 9.90 Å². The minimum Gasteiger partial charge on any atom is -0.457 e. The van der Waals surface area contributed by atoms with Gasteiger partial charge in [0.25, 0.3) is 0 Å². The third kappa shape index (κ3) is 3.73. The summed E-state index contributed by atoms with van der Waals surface area (Å²) in [5.74, 6) is 2.49. The molecule has 0 spiro atoms. The Morgan fingerprint density at radius 1 is 1.03 bits per heavy atom. The summed E-state index contributed by atoms with van der Waals surface area (Å²) < 4.78 is 6.37. The fourth-order valence-corrected chi connectivity index (χ4v) is 9.59. The molecule has 4 aliphatic carbocycles. The van der Waals surface area contributed by atoms with Gasteiger partial charge in [0.1, 0.15) is 11.6 Å². The number of rotatable bonds is 3. The molecular weight excluding hydrogens is 434 g/mol. The van der Waals surface area contributed by atoms with Crippen molar-refractivity contribution in [1.29, 1.82) is 0 Å². The van der Waals surface area contributed by atoms with Gasteiger partial charge in [-0.1, -0.05) is 55.8 Å². The van der Waals surface area contributed by atoms with Gasteiger partial charge in [-0.3, -0.25) is 4.79 Å². The number of nitrogens with one attached hydrogen (secondary N) is 1. The van der Waals surface area contributed by atoms with E-state index in [1.165, 1.54) is 36.8 Å². The highest BCUT2D eigenvalue weighted by atomic mass is 16.6. The molecule has 190 valence electrons. The number of ether oxygens (including phenoxy) is 1. The predicted molar refractivity (Wildman–Crippen MR) is 138 cm³/mol. The van der Waals surface area contributed by atoms with Crippen LogP contribution in [0.1, 0.15) is 77.7 Å². The van der Waals surface area contributed by atoms with Crippen LogP contribution in [-0.4, -0.2) is 35.4 Å². The van der Waals surface area contributed by atoms with Crippen molar-refractivity contribution in [3.63, 3.8) is 0 Å². The number of fused-ring (bicyclic) bond motifs is 5. The second-order valence-corrected chi connectivity index (χ2v) is 13.2. The number of cyclic esters (lactones) is 1. The number of allylic oxidation sites excluding steroid dienone is 1. The highest BCUT2D eigenvalue weighted by molar-refractivity contribution is 5.77. The molecule has 0 radical (unpaired) electrons. The van der Waals surface area contributed by atoms with Gasteiger partial charge >= 0.3 is 5.97 Å². The first-order chi connectivity index (χ1) is 16.7. The Morgan fingerprint density at radius 3 is 2.60 bits per heavy atom. The molecule has 35 heavy (non-hydrogen) atoms. The van der Waals surface area contributed by atoms with Crippen LogP contribution < -0.4 is 5.32 Å². The Hall–Kier alpha value is -1.65. The topological polar surface area (TPSA) is 58.6 Å². The summed E-state index contributed by atoms with van der Waals surface area (Å²) in [4.78, 5) is 13.2. The van der Waals surface area contributed by atoms with Gasteiger partial charge in [-0.25, -0.2) is 0 Å². The number of aliphatic hydroxyl groups is 1. The lowest BCUT2D eigenvalue weighted by Crippen LogP contribution is -2.62. The molecule has 6 rings (SSSR count). The van der Waals surface area contributed by atoms with Crippen LogP contribution in [0.4, 0.5) is 0 Å². The first-order valence-electron chi connectivity index (χ1n) is 14.1. The normalized spacial score (nSPS) is 47.2. The van der Waals surface area contributed by atoms with Crippen molar-refractivity contribution >= 4 is 5.97 Å². The van der Waals surface area contributed by atoms with Gasteiger partial charge in [-0.15, -0.1) is 0 Å². The van der Waals surface area contributed by atoms with Gasteiger partial charge in [0, 0.05) is 12.5 Å². The second-order valence-electron chi connectivity index (χ2n) is 13.2. The van der Waals surface area contributed by atoms with Crippen molar-refractivity contribution in [3.05, 3.63) is 47.5 Å². The van der Waals surface area contributed by atoms with E-state index in [-0.39, 0.29) is 28.9 Å². The van der Waals surface area contributed by atoms with E-state index in [4.69, 9.17) is 4.74 Å². The molecule has 0 amide bonds. The summed E-state index contributed by atoms with van der Waals surface area (Å²) in [5.41, 5.74) is 2.77. The predicted octanol–water partition coefficient (Wildman–Crippen LogP) is 5.44. The number of hydrogen-bond acceptors (Lipinski definition) is 4. The molecular formula is C31H43NO3. The molecule has 0 aromatic heterocycles. The second kappa shape index (κ2) is 8.45. The third-order valence-electron chi connectivity index (χ3n) is 11.4. The summed E-state index contributed by atoms with van der Waals surface area (Å²) in [6.45, 7) is 7.96. The molecule has 9 atom stereocenters. The molecule has 2 unspecified atom stereocenters. The summed E-state index contributed by atoms with van der Waals surface area (Å²) >= 11 is 0. The van der Waals surface area contributed by atoms with Crippen LogP contribution in [0.15, 0.2) is 42.0 Å². The van der Waals surface area contributed by atoms with Gasteiger partial charge in [0.05, 0.1) is 6.10 Å². The molecule has 4 heteroatoms. The van der Waals surface area contributed by atoms with E-state index in [2.05, 4.69) is 44.3 Å². The SMILES string of the molecule is C[C@]12CCC(O)CC1=CC[C@@H]1[C@H]2CC[C@]2(C)C([C@]3(C)CN[C@H](Cc4ccccc4)C(=O)O3)CC[C@@H]12. The van der Waals surface area contributed by atoms with Crippen LogP contribution >= 0.6 is 0 Å². The lowest BCUT2D eigenvalue weighted by atomic mass is 9.46. The Bertz CT molecular complexity index is 1010. The van der Waals surface area contributed by atoms with Crippen molar-refractivity contribution in [2.75, 3.05) is 6.54 Å². The number of carbonyl (C=O) groups excluding carboxylic acids is 1. The van der Waals surface area contributed by atoms with Crippen LogP contribution in [0.5, 0.6) is 0 Å². The summed E-state index contributed by atoms with van der Waals surface area (Å²) in [6.07, 6.45) is 12.1. The average molecular weight is 478 g/mol. The van der Waals surface area contributed by atoms with Crippen LogP contribution in [-0.2, 0) is 16.0 Å². The van der Waals surface area contributed by atoms with Crippen molar-refractivity contribution in [2.45, 2.75) is 96.3 Å². The molecule has 2 N–H and O–H groups in total. The standard InChI is InChI=1S/C31H43NO3/c1-29-15-13-22(33)18-21(29)9-10-23-24-11-12-27(30(24,2)16-14-25(23)29)31(3)19-32-26(28(34)35-31)17-20-7-5-4-6-8-20/h4-9,22-27,32-33H,10-19H2,1-3H3/t22?,23-,24-,25+,26+,27?,29-,30-,31-/m0/s1. The minimum absolute atomic E-state index is 0.0816. The van der Waals surface area contributed by atoms with Gasteiger partial charge in [-0.2, -0.15) is 0 Å². The Morgan fingerprint density at radius 2 is 1.83 bits per heavy atom. The maximum atomic E-state index is 13.2. The highest BCUT2D eigenvalue weighted by Crippen LogP contribution is 2.67. The molecule has 1 aromatic carbocycles. The number of esters is 1. The number of carbonyl (C=O) groups is 1. The molecule has 1 aliphatic heterocycles. The first kappa shape index (κ1) is 23.7. The molecule has 4 fully saturated rings. The number of benzene rings is 1. The molecule has 3 saturated carbocycles. The van der Waals surface area contributed by atoms with Crippen LogP contribution in [0, 0.1) is 34.5 Å². The number of aliphatic hydroxyl groups excluding tert-OH is 1. The molecule has 1 aromatic rings. The number of hydrogen-bond donors (Lipinski definition) is 2. The minimum atomic E-state index is -0.435. The fourth-order valence-electron chi connectivity index (χ4n) is 9.59. The highest BCUT2D eigenvalue weighted by Gasteiger charge is 2.63. The van der Waals surface area contributed by atoms with E-state index < -0.39 is 5.60 Å². The third-order valence-corrected chi connectivity index (χ3v) is 11.4. The van der Waals surface area contributed by atoms with Crippen LogP contribution in [0.3, 0.4) is 0 Å². The molecule has 0 bridgehead atoms. The van der Waals surface area contributed by atoms with Gasteiger partial charge < -0.3 is 15.2 Å². The average Bonchev–Trinajstić information content (AvgIpc) is 3.20. The maximum Gasteiger partial charge on any atom is 0.324 e. The smallest absolute Gasteiger partial charge is 0.324 e. The summed E-state index contributed by atoms with van der Waals surface area (Å²) in [7, 11) is 0. The summed E-state index contributed by atoms with van der Waals surface area (Å²) in [5, 5.41) is 13.9. The number of morpholine rings is 1. The van der Waals surface area contributed by atoms with Crippen molar-refractivity contribution in [1.82, 2.24) is 5.32 Å². The lowest BCUT2D eigenvalue weighted by molar-refractivity contribution is -0.184. The molecule has 1 saturated heterocycles. The monoisotopic (exact) mass is 477 g/mol. The van der Waals surface area contributed by atoms with E-state index in [1.807, 2.05) is 18.2 Å². The van der Waals surface area contributed by atoms with Crippen molar-refractivity contribution in [3.8, 4) is 0 Å². The molecule has 4 nitrogen and oxygen atoms in total. The quantitative estimate of drug-likeness (QED) is 0.449. The Balaban J connectivity index is 1.19. The van der Waals surface area contributed by atoms with Gasteiger partial charge in [-0.05, 0) is 98.9 Å². The zero-order chi connectivity index (χ0) is 24.4. The van der Waals surface area contributed by atoms with Crippen molar-refractivity contribution < 1.29 is 14.6 Å². The maximum absolute atomic E-state index is 13.2.